The topological polar surface area (TPSA) is 95.2 Å². The predicted octanol–water partition coefficient (Wildman–Crippen LogP) is 1.02. The second-order valence-corrected chi connectivity index (χ2v) is 3.67. The van der Waals surface area contributed by atoms with E-state index in [0.717, 1.165) is 11.9 Å². The van der Waals surface area contributed by atoms with Gasteiger partial charge in [0.1, 0.15) is 5.37 Å². The van der Waals surface area contributed by atoms with Gasteiger partial charge >= 0.3 is 6.09 Å². The van der Waals surface area contributed by atoms with Crippen LogP contribution >= 0.6 is 11.9 Å². The van der Waals surface area contributed by atoms with Crippen molar-refractivity contribution in [2.45, 2.75) is 12.3 Å². The van der Waals surface area contributed by atoms with Crippen molar-refractivity contribution in [2.75, 3.05) is 6.54 Å². The number of aromatic amines is 1. The molecule has 1 aromatic heterocycles. The fourth-order valence-corrected chi connectivity index (χ4v) is 1.63. The minimum Gasteiger partial charge on any atom is -0.464 e. The number of nitrogens with zero attached hydrogens (tertiary/aromatic N) is 2. The lowest BCUT2D eigenvalue weighted by Crippen LogP contribution is -2.25. The number of rotatable bonds is 4. The maximum Gasteiger partial charge on any atom is 0.417 e. The monoisotopic (exact) mass is 216 g/mol. The molecule has 0 bridgehead atoms. The van der Waals surface area contributed by atoms with Crippen LogP contribution in [0.3, 0.4) is 0 Å². The van der Waals surface area contributed by atoms with Gasteiger partial charge in [-0.1, -0.05) is 0 Å². The largest absolute Gasteiger partial charge is 0.464 e. The summed E-state index contributed by atoms with van der Waals surface area (Å²) in [5, 5.41) is 14.7. The van der Waals surface area contributed by atoms with Gasteiger partial charge < -0.3 is 10.8 Å². The summed E-state index contributed by atoms with van der Waals surface area (Å²) in [7, 11) is 0. The molecule has 78 valence electrons. The third-order valence-corrected chi connectivity index (χ3v) is 2.72. The summed E-state index contributed by atoms with van der Waals surface area (Å²) in [6, 6.07) is 1.72. The number of carbonyl (C=O) groups is 1. The fraction of sp³-hybridized carbons (Fsp3) is 0.429. The molecule has 1 heterocycles. The van der Waals surface area contributed by atoms with Crippen molar-refractivity contribution in [1.29, 1.82) is 0 Å². The maximum atomic E-state index is 10.7. The summed E-state index contributed by atoms with van der Waals surface area (Å²) >= 11 is 1.05. The number of H-pyrrole nitrogens is 1. The van der Waals surface area contributed by atoms with E-state index in [-0.39, 0.29) is 0 Å². The van der Waals surface area contributed by atoms with Gasteiger partial charge in [0, 0.05) is 12.7 Å². The van der Waals surface area contributed by atoms with Crippen LogP contribution in [0.4, 0.5) is 4.79 Å². The van der Waals surface area contributed by atoms with Gasteiger partial charge in [-0.3, -0.25) is 9.40 Å². The third kappa shape index (κ3) is 2.64. The van der Waals surface area contributed by atoms with E-state index in [1.54, 1.807) is 19.2 Å². The van der Waals surface area contributed by atoms with Crippen molar-refractivity contribution in [1.82, 2.24) is 14.5 Å². The summed E-state index contributed by atoms with van der Waals surface area (Å²) in [5.41, 5.74) is 6.44. The van der Waals surface area contributed by atoms with Crippen molar-refractivity contribution in [3.05, 3.63) is 18.0 Å². The molecule has 6 nitrogen and oxygen atoms in total. The van der Waals surface area contributed by atoms with E-state index >= 15 is 0 Å². The Morgan fingerprint density at radius 3 is 3.07 bits per heavy atom. The second kappa shape index (κ2) is 4.87. The molecule has 14 heavy (non-hydrogen) atoms. The molecule has 0 radical (unpaired) electrons. The fourth-order valence-electron chi connectivity index (χ4n) is 0.874. The molecule has 0 aliphatic heterocycles. The Hall–Kier alpha value is -1.21. The first-order valence-corrected chi connectivity index (χ1v) is 4.91. The van der Waals surface area contributed by atoms with E-state index in [0.29, 0.717) is 12.2 Å². The van der Waals surface area contributed by atoms with Crippen LogP contribution in [-0.2, 0) is 0 Å². The number of hydrogen-bond donors (Lipinski definition) is 3. The average Bonchev–Trinajstić information content (AvgIpc) is 2.65. The molecule has 0 saturated carbocycles. The lowest BCUT2D eigenvalue weighted by Gasteiger charge is -2.18. The van der Waals surface area contributed by atoms with Crippen molar-refractivity contribution in [3.8, 4) is 0 Å². The minimum absolute atomic E-state index is 0.391. The van der Waals surface area contributed by atoms with E-state index < -0.39 is 11.5 Å². The number of nitrogens with one attached hydrogen (secondary N) is 1. The van der Waals surface area contributed by atoms with Crippen molar-refractivity contribution < 1.29 is 9.90 Å². The Kier molecular flexibility index (Phi) is 3.78. The van der Waals surface area contributed by atoms with Gasteiger partial charge in [-0.2, -0.15) is 5.10 Å². The highest BCUT2D eigenvalue weighted by Crippen LogP contribution is 2.24. The maximum absolute atomic E-state index is 10.7. The van der Waals surface area contributed by atoms with Gasteiger partial charge in [0.25, 0.3) is 0 Å². The summed E-state index contributed by atoms with van der Waals surface area (Å²) in [6.07, 6.45) is 0.583. The summed E-state index contributed by atoms with van der Waals surface area (Å²) < 4.78 is 1.17. The molecule has 1 aromatic rings. The SMILES string of the molecule is CCN(SC(N)c1ccn[nH]1)C(=O)O. The van der Waals surface area contributed by atoms with Crippen LogP contribution < -0.4 is 5.73 Å². The minimum atomic E-state index is -0.993. The zero-order valence-electron chi connectivity index (χ0n) is 7.67. The number of aromatic nitrogens is 2. The van der Waals surface area contributed by atoms with E-state index in [1.807, 2.05) is 0 Å². The summed E-state index contributed by atoms with van der Waals surface area (Å²) in [6.45, 7) is 2.14. The molecule has 0 saturated heterocycles. The molecule has 1 rings (SSSR count). The zero-order valence-corrected chi connectivity index (χ0v) is 8.49. The molecule has 1 unspecified atom stereocenters. The third-order valence-electron chi connectivity index (χ3n) is 1.57. The summed E-state index contributed by atoms with van der Waals surface area (Å²) in [4.78, 5) is 10.7. The molecule has 0 aliphatic carbocycles. The first-order chi connectivity index (χ1) is 6.65. The van der Waals surface area contributed by atoms with Gasteiger partial charge in [-0.15, -0.1) is 0 Å². The first-order valence-electron chi connectivity index (χ1n) is 4.07. The van der Waals surface area contributed by atoms with Gasteiger partial charge in [-0.25, -0.2) is 4.79 Å². The highest BCUT2D eigenvalue weighted by molar-refractivity contribution is 7.97. The van der Waals surface area contributed by atoms with E-state index in [9.17, 15) is 4.79 Å². The van der Waals surface area contributed by atoms with Gasteiger partial charge in [-0.05, 0) is 24.9 Å². The van der Waals surface area contributed by atoms with Crippen molar-refractivity contribution in [3.63, 3.8) is 0 Å². The van der Waals surface area contributed by atoms with Crippen LogP contribution in [0, 0.1) is 0 Å². The molecule has 0 fully saturated rings. The van der Waals surface area contributed by atoms with Crippen LogP contribution in [-0.4, -0.2) is 32.2 Å². The molecular weight excluding hydrogens is 204 g/mol. The molecule has 7 heteroatoms. The van der Waals surface area contributed by atoms with Crippen LogP contribution in [0.25, 0.3) is 0 Å². The molecule has 0 aliphatic rings. The molecule has 1 amide bonds. The number of amides is 1. The van der Waals surface area contributed by atoms with Crippen LogP contribution in [0.5, 0.6) is 0 Å². The van der Waals surface area contributed by atoms with Gasteiger partial charge in [0.2, 0.25) is 0 Å². The van der Waals surface area contributed by atoms with E-state index in [4.69, 9.17) is 10.8 Å². The molecule has 0 spiro atoms. The standard InChI is InChI=1S/C7H12N4O2S/c1-2-11(7(12)13)14-6(8)5-3-4-9-10-5/h3-4,6H,2,8H2,1H3,(H,9,10)(H,12,13). The van der Waals surface area contributed by atoms with E-state index in [2.05, 4.69) is 10.2 Å². The smallest absolute Gasteiger partial charge is 0.417 e. The van der Waals surface area contributed by atoms with Crippen molar-refractivity contribution >= 4 is 18.0 Å². The Morgan fingerprint density at radius 2 is 2.64 bits per heavy atom. The molecule has 0 aromatic carbocycles. The van der Waals surface area contributed by atoms with Crippen molar-refractivity contribution in [2.24, 2.45) is 5.73 Å². The lowest BCUT2D eigenvalue weighted by atomic mass is 10.4. The Bertz CT molecular complexity index is 290. The van der Waals surface area contributed by atoms with Crippen LogP contribution in [0.2, 0.25) is 0 Å². The summed E-state index contributed by atoms with van der Waals surface area (Å²) in [5.74, 6) is 0. The molecular formula is C7H12N4O2S. The zero-order chi connectivity index (χ0) is 10.6. The predicted molar refractivity (Wildman–Crippen MR) is 53.5 cm³/mol. The van der Waals surface area contributed by atoms with E-state index in [1.165, 1.54) is 4.31 Å². The van der Waals surface area contributed by atoms with Gasteiger partial charge in [0.15, 0.2) is 0 Å². The quantitative estimate of drug-likeness (QED) is 0.516. The number of hydrogen-bond acceptors (Lipinski definition) is 4. The molecule has 1 atom stereocenters. The number of nitrogens with two attached hydrogens (primary N) is 1. The Morgan fingerprint density at radius 1 is 1.93 bits per heavy atom. The highest BCUT2D eigenvalue weighted by Gasteiger charge is 2.16. The normalized spacial score (nSPS) is 12.4. The highest BCUT2D eigenvalue weighted by atomic mass is 32.2. The Balaban J connectivity index is 2.55. The molecule has 4 N–H and O–H groups in total. The number of carboxylic acid groups (broad SMARTS) is 1. The van der Waals surface area contributed by atoms with Crippen LogP contribution in [0.15, 0.2) is 12.3 Å². The lowest BCUT2D eigenvalue weighted by molar-refractivity contribution is 0.176. The average molecular weight is 216 g/mol. The van der Waals surface area contributed by atoms with Crippen LogP contribution in [0.1, 0.15) is 18.0 Å². The second-order valence-electron chi connectivity index (χ2n) is 2.52. The Labute approximate surface area is 85.6 Å². The first kappa shape index (κ1) is 10.9. The van der Waals surface area contributed by atoms with Gasteiger partial charge in [0.05, 0.1) is 5.69 Å².